The smallest absolute Gasteiger partial charge is 0.341 e. The Morgan fingerprint density at radius 3 is 2.67 bits per heavy atom. The van der Waals surface area contributed by atoms with Gasteiger partial charge < -0.3 is 15.8 Å². The number of aromatic amines is 1. The number of aromatic nitrogens is 1. The van der Waals surface area contributed by atoms with Gasteiger partial charge in [0.25, 0.3) is 5.69 Å². The van der Waals surface area contributed by atoms with Gasteiger partial charge in [-0.2, -0.15) is 0 Å². The van der Waals surface area contributed by atoms with Crippen LogP contribution in [0.25, 0.3) is 10.9 Å². The summed E-state index contributed by atoms with van der Waals surface area (Å²) in [6, 6.07) is 2.19. The van der Waals surface area contributed by atoms with Crippen LogP contribution in [0.2, 0.25) is 0 Å². The highest BCUT2D eigenvalue weighted by molar-refractivity contribution is 5.94. The van der Waals surface area contributed by atoms with E-state index in [2.05, 4.69) is 4.98 Å². The zero-order valence-electron chi connectivity index (χ0n) is 8.84. The highest BCUT2D eigenvalue weighted by atomic mass is 16.6. The molecule has 18 heavy (non-hydrogen) atoms. The molecule has 92 valence electrons. The highest BCUT2D eigenvalue weighted by Gasteiger charge is 2.17. The molecule has 8 heteroatoms. The molecule has 1 aromatic carbocycles. The number of aromatic carboxylic acids is 1. The largest absolute Gasteiger partial charge is 0.477 e. The maximum Gasteiger partial charge on any atom is 0.341 e. The first-order valence-corrected chi connectivity index (χ1v) is 4.74. The number of anilines is 1. The van der Waals surface area contributed by atoms with Gasteiger partial charge in [0.2, 0.25) is 5.43 Å². The van der Waals surface area contributed by atoms with Gasteiger partial charge in [-0.15, -0.1) is 0 Å². The molecule has 0 amide bonds. The number of nitro benzene ring substituents is 1. The van der Waals surface area contributed by atoms with Gasteiger partial charge in [0.1, 0.15) is 11.3 Å². The fraction of sp³-hybridized carbons (Fsp3) is 0. The number of carbonyl (C=O) groups is 1. The van der Waals surface area contributed by atoms with Crippen molar-refractivity contribution in [2.75, 3.05) is 5.73 Å². The number of hydrogen-bond donors (Lipinski definition) is 3. The third-order valence-electron chi connectivity index (χ3n) is 2.46. The van der Waals surface area contributed by atoms with Crippen molar-refractivity contribution in [3.63, 3.8) is 0 Å². The molecule has 0 aliphatic carbocycles. The first-order valence-electron chi connectivity index (χ1n) is 4.74. The second-order valence-electron chi connectivity index (χ2n) is 3.55. The van der Waals surface area contributed by atoms with Gasteiger partial charge in [0.15, 0.2) is 0 Å². The summed E-state index contributed by atoms with van der Waals surface area (Å²) in [5.41, 5.74) is 3.88. The number of nitrogen functional groups attached to an aromatic ring is 1. The van der Waals surface area contributed by atoms with E-state index in [4.69, 9.17) is 10.8 Å². The number of rotatable bonds is 2. The minimum absolute atomic E-state index is 0.0872. The number of carboxylic acids is 1. The minimum atomic E-state index is -1.40. The SMILES string of the molecule is Nc1cc2[nH]cc(C(=O)O)c(=O)c2cc1[N+](=O)[O-]. The first kappa shape index (κ1) is 11.6. The van der Waals surface area contributed by atoms with E-state index in [1.54, 1.807) is 0 Å². The average Bonchev–Trinajstić information content (AvgIpc) is 2.27. The molecule has 0 radical (unpaired) electrons. The van der Waals surface area contributed by atoms with Crippen molar-refractivity contribution < 1.29 is 14.8 Å². The Bertz CT molecular complexity index is 734. The zero-order valence-corrected chi connectivity index (χ0v) is 8.84. The summed E-state index contributed by atoms with van der Waals surface area (Å²) < 4.78 is 0. The molecule has 2 rings (SSSR count). The van der Waals surface area contributed by atoms with Gasteiger partial charge in [0, 0.05) is 12.3 Å². The molecular weight excluding hydrogens is 242 g/mol. The van der Waals surface area contributed by atoms with Crippen LogP contribution in [0.4, 0.5) is 11.4 Å². The molecular formula is C10H7N3O5. The molecule has 0 spiro atoms. The maximum absolute atomic E-state index is 11.8. The molecule has 8 nitrogen and oxygen atoms in total. The number of fused-ring (bicyclic) bond motifs is 1. The van der Waals surface area contributed by atoms with Crippen molar-refractivity contribution in [3.05, 3.63) is 44.2 Å². The molecule has 0 saturated heterocycles. The summed E-state index contributed by atoms with van der Waals surface area (Å²) in [4.78, 5) is 35.1. The van der Waals surface area contributed by atoms with Gasteiger partial charge in [-0.25, -0.2) is 4.79 Å². The Morgan fingerprint density at radius 2 is 2.11 bits per heavy atom. The topological polar surface area (TPSA) is 139 Å². The van der Waals surface area contributed by atoms with Crippen molar-refractivity contribution >= 4 is 28.2 Å². The van der Waals surface area contributed by atoms with Crippen LogP contribution >= 0.6 is 0 Å². The lowest BCUT2D eigenvalue weighted by atomic mass is 10.1. The summed E-state index contributed by atoms with van der Waals surface area (Å²) >= 11 is 0. The lowest BCUT2D eigenvalue weighted by molar-refractivity contribution is -0.383. The minimum Gasteiger partial charge on any atom is -0.477 e. The van der Waals surface area contributed by atoms with Crippen LogP contribution in [0.15, 0.2) is 23.1 Å². The average molecular weight is 249 g/mol. The monoisotopic (exact) mass is 249 g/mol. The fourth-order valence-electron chi connectivity index (χ4n) is 1.59. The molecule has 0 unspecified atom stereocenters. The number of H-pyrrole nitrogens is 1. The Hall–Kier alpha value is -2.90. The maximum atomic E-state index is 11.8. The van der Waals surface area contributed by atoms with Crippen LogP contribution < -0.4 is 11.2 Å². The van der Waals surface area contributed by atoms with Crippen LogP contribution in [0, 0.1) is 10.1 Å². The van der Waals surface area contributed by atoms with E-state index in [-0.39, 0.29) is 16.6 Å². The lowest BCUT2D eigenvalue weighted by Crippen LogP contribution is -2.15. The number of hydrogen-bond acceptors (Lipinski definition) is 5. The number of nitro groups is 1. The molecule has 0 atom stereocenters. The quantitative estimate of drug-likeness (QED) is 0.407. The number of nitrogens with one attached hydrogen (secondary N) is 1. The Kier molecular flexibility index (Phi) is 2.47. The molecule has 0 fully saturated rings. The summed E-state index contributed by atoms with van der Waals surface area (Å²) in [7, 11) is 0. The zero-order chi connectivity index (χ0) is 13.4. The van der Waals surface area contributed by atoms with Crippen LogP contribution in [-0.4, -0.2) is 21.0 Å². The van der Waals surface area contributed by atoms with E-state index in [1.807, 2.05) is 0 Å². The van der Waals surface area contributed by atoms with Crippen LogP contribution in [-0.2, 0) is 0 Å². The molecule has 2 aromatic rings. The van der Waals surface area contributed by atoms with E-state index in [9.17, 15) is 19.7 Å². The Balaban J connectivity index is 2.89. The summed E-state index contributed by atoms with van der Waals surface area (Å²) in [5, 5.41) is 19.4. The normalized spacial score (nSPS) is 10.4. The van der Waals surface area contributed by atoms with Crippen molar-refractivity contribution in [3.8, 4) is 0 Å². The molecule has 0 saturated carbocycles. The Labute approximate surface area is 98.8 Å². The van der Waals surface area contributed by atoms with Gasteiger partial charge >= 0.3 is 5.97 Å². The summed E-state index contributed by atoms with van der Waals surface area (Å²) in [6.07, 6.45) is 1.03. The van der Waals surface area contributed by atoms with Gasteiger partial charge in [-0.05, 0) is 6.07 Å². The van der Waals surface area contributed by atoms with Crippen molar-refractivity contribution in [2.45, 2.75) is 0 Å². The molecule has 1 heterocycles. The first-order chi connectivity index (χ1) is 8.41. The van der Waals surface area contributed by atoms with Crippen molar-refractivity contribution in [1.29, 1.82) is 0 Å². The number of carboxylic acid groups (broad SMARTS) is 1. The number of pyridine rings is 1. The van der Waals surface area contributed by atoms with Crippen LogP contribution in [0.1, 0.15) is 10.4 Å². The van der Waals surface area contributed by atoms with E-state index in [1.165, 1.54) is 6.07 Å². The highest BCUT2D eigenvalue weighted by Crippen LogP contribution is 2.25. The summed E-state index contributed by atoms with van der Waals surface area (Å²) in [6.45, 7) is 0. The van der Waals surface area contributed by atoms with E-state index >= 15 is 0 Å². The van der Waals surface area contributed by atoms with Crippen LogP contribution in [0.5, 0.6) is 0 Å². The van der Waals surface area contributed by atoms with Crippen molar-refractivity contribution in [1.82, 2.24) is 4.98 Å². The van der Waals surface area contributed by atoms with Gasteiger partial charge in [-0.3, -0.25) is 14.9 Å². The Morgan fingerprint density at radius 1 is 1.44 bits per heavy atom. The third-order valence-corrected chi connectivity index (χ3v) is 2.46. The predicted molar refractivity (Wildman–Crippen MR) is 62.6 cm³/mol. The second kappa shape index (κ2) is 3.84. The number of nitrogens with two attached hydrogens (primary N) is 1. The molecule has 1 aromatic heterocycles. The third kappa shape index (κ3) is 1.65. The lowest BCUT2D eigenvalue weighted by Gasteiger charge is -2.02. The standard InChI is InChI=1S/C10H7N3O5/c11-6-2-7-4(1-8(6)13(17)18)9(14)5(3-12-7)10(15)16/h1-3H,11H2,(H,12,14)(H,15,16). The molecule has 0 aliphatic rings. The van der Waals surface area contributed by atoms with Crippen molar-refractivity contribution in [2.24, 2.45) is 0 Å². The van der Waals surface area contributed by atoms with Gasteiger partial charge in [-0.1, -0.05) is 0 Å². The second-order valence-corrected chi connectivity index (χ2v) is 3.55. The van der Waals surface area contributed by atoms with E-state index in [0.29, 0.717) is 0 Å². The van der Waals surface area contributed by atoms with Crippen LogP contribution in [0.3, 0.4) is 0 Å². The van der Waals surface area contributed by atoms with Gasteiger partial charge in [0.05, 0.1) is 15.8 Å². The summed E-state index contributed by atoms with van der Waals surface area (Å²) in [5.74, 6) is -1.40. The molecule has 0 bridgehead atoms. The fourth-order valence-corrected chi connectivity index (χ4v) is 1.59. The van der Waals surface area contributed by atoms with E-state index in [0.717, 1.165) is 12.3 Å². The predicted octanol–water partition coefficient (Wildman–Crippen LogP) is 0.717. The van der Waals surface area contributed by atoms with E-state index < -0.39 is 27.6 Å². The number of nitrogens with zero attached hydrogens (tertiary/aromatic N) is 1. The number of benzene rings is 1. The molecule has 4 N–H and O–H groups in total. The molecule has 0 aliphatic heterocycles.